The number of imide groups is 1. The number of fused-ring (bicyclic) bond motifs is 2. The summed E-state index contributed by atoms with van der Waals surface area (Å²) in [6.07, 6.45) is 7.04. The van der Waals surface area contributed by atoms with E-state index in [0.29, 0.717) is 71.8 Å². The summed E-state index contributed by atoms with van der Waals surface area (Å²) >= 11 is 6.60. The number of aromatic nitrogens is 3. The van der Waals surface area contributed by atoms with Crippen LogP contribution in [0, 0.1) is 17.8 Å². The van der Waals surface area contributed by atoms with E-state index in [1.54, 1.807) is 32.3 Å². The van der Waals surface area contributed by atoms with Gasteiger partial charge in [-0.3, -0.25) is 29.3 Å². The molecule has 4 atom stereocenters. The van der Waals surface area contributed by atoms with Gasteiger partial charge in [0.1, 0.15) is 17.4 Å². The van der Waals surface area contributed by atoms with Gasteiger partial charge in [0.15, 0.2) is 23.1 Å². The topological polar surface area (TPSA) is 185 Å². The number of hydrogen-bond donors (Lipinski definition) is 3. The maximum atomic E-state index is 13.2. The molecule has 68 heavy (non-hydrogen) atoms. The summed E-state index contributed by atoms with van der Waals surface area (Å²) in [5.41, 5.74) is 4.70. The number of likely N-dealkylation sites (tertiary alicyclic amines) is 1. The second-order valence-corrected chi connectivity index (χ2v) is 19.1. The number of pyridine rings is 1. The number of aryl methyl sites for hydroxylation is 1. The molecule has 1 aliphatic carbocycles. The first-order chi connectivity index (χ1) is 32.9. The monoisotopic (exact) mass is 943 g/mol. The van der Waals surface area contributed by atoms with E-state index in [-0.39, 0.29) is 53.6 Å². The number of amides is 2. The van der Waals surface area contributed by atoms with E-state index in [2.05, 4.69) is 49.7 Å². The molecule has 3 aromatic carbocycles. The Kier molecular flexibility index (Phi) is 14.2. The van der Waals surface area contributed by atoms with Crippen LogP contribution in [-0.4, -0.2) is 93.9 Å². The van der Waals surface area contributed by atoms with Crippen LogP contribution in [0.25, 0.3) is 10.9 Å². The number of ether oxygens (including phenoxy) is 2. The van der Waals surface area contributed by atoms with Crippen LogP contribution in [0.1, 0.15) is 97.4 Å². The maximum Gasteiger partial charge on any atom is 0.293 e. The zero-order valence-electron chi connectivity index (χ0n) is 38.5. The first-order valence-corrected chi connectivity index (χ1v) is 24.2. The van der Waals surface area contributed by atoms with Crippen molar-refractivity contribution in [2.75, 3.05) is 56.2 Å². The Labute approximate surface area is 400 Å². The Morgan fingerprint density at radius 1 is 0.956 bits per heavy atom. The summed E-state index contributed by atoms with van der Waals surface area (Å²) in [6.45, 7) is 6.39. The smallest absolute Gasteiger partial charge is 0.293 e. The molecule has 9 rings (SSSR count). The molecule has 0 spiro atoms. The average molecular weight is 945 g/mol. The molecule has 356 valence electrons. The zero-order chi connectivity index (χ0) is 47.5. The van der Waals surface area contributed by atoms with Crippen molar-refractivity contribution in [1.82, 2.24) is 24.8 Å². The van der Waals surface area contributed by atoms with Gasteiger partial charge >= 0.3 is 0 Å². The fourth-order valence-corrected chi connectivity index (χ4v) is 10.3. The van der Waals surface area contributed by atoms with Gasteiger partial charge in [0.05, 0.1) is 24.4 Å². The third kappa shape index (κ3) is 10.4. The minimum absolute atomic E-state index is 0.0490. The van der Waals surface area contributed by atoms with Crippen molar-refractivity contribution in [2.24, 2.45) is 24.8 Å². The molecule has 2 aromatic heterocycles. The Hall–Kier alpha value is -6.16. The molecule has 4 aliphatic rings. The highest BCUT2D eigenvalue weighted by atomic mass is 35.5. The SMILES string of the molecule is CCC(=O)COc1cc2cc(Nc3nc(N4CCCC(COc5ccc(C6CCN(CCC(O)c7ccc8c(c7)CC(C7CCC(=O)NC7=O)C8=O)CC6)cc5)C4)ncc3Cl)ccc2n(C)c1=O. The molecular formula is C52H58ClN7O8. The molecule has 0 radical (unpaired) electrons. The number of carbonyl (C=O) groups is 4. The van der Waals surface area contributed by atoms with Gasteiger partial charge in [-0.1, -0.05) is 48.9 Å². The van der Waals surface area contributed by atoms with E-state index in [9.17, 15) is 29.1 Å². The Morgan fingerprint density at radius 2 is 1.76 bits per heavy atom. The molecule has 3 aliphatic heterocycles. The molecule has 3 fully saturated rings. The minimum Gasteiger partial charge on any atom is -0.493 e. The van der Waals surface area contributed by atoms with Gasteiger partial charge in [0.25, 0.3) is 5.56 Å². The van der Waals surface area contributed by atoms with Crippen molar-refractivity contribution < 1.29 is 33.8 Å². The van der Waals surface area contributed by atoms with Gasteiger partial charge in [-0.05, 0) is 117 Å². The van der Waals surface area contributed by atoms with Crippen LogP contribution in [-0.2, 0) is 27.9 Å². The van der Waals surface area contributed by atoms with Gasteiger partial charge in [0.2, 0.25) is 17.8 Å². The van der Waals surface area contributed by atoms with Crippen LogP contribution in [0.5, 0.6) is 11.5 Å². The molecule has 3 saturated heterocycles. The van der Waals surface area contributed by atoms with Crippen LogP contribution < -0.4 is 30.6 Å². The number of carbonyl (C=O) groups excluding carboxylic acids is 4. The number of anilines is 3. The molecule has 0 saturated carbocycles. The van der Waals surface area contributed by atoms with Crippen LogP contribution in [0.15, 0.2) is 77.7 Å². The van der Waals surface area contributed by atoms with Gasteiger partial charge in [0, 0.05) is 73.9 Å². The predicted molar refractivity (Wildman–Crippen MR) is 259 cm³/mol. The normalized spacial score (nSPS) is 20.6. The van der Waals surface area contributed by atoms with E-state index < -0.39 is 17.9 Å². The summed E-state index contributed by atoms with van der Waals surface area (Å²) in [4.78, 5) is 76.0. The minimum atomic E-state index is -0.654. The lowest BCUT2D eigenvalue weighted by Gasteiger charge is -2.33. The molecule has 15 nitrogen and oxygen atoms in total. The largest absolute Gasteiger partial charge is 0.493 e. The van der Waals surface area contributed by atoms with Crippen molar-refractivity contribution in [1.29, 1.82) is 0 Å². The highest BCUT2D eigenvalue weighted by Crippen LogP contribution is 2.37. The average Bonchev–Trinajstić information content (AvgIpc) is 3.68. The molecule has 2 amide bonds. The quantitative estimate of drug-likeness (QED) is 0.0853. The molecule has 4 unspecified atom stereocenters. The number of hydrogen-bond acceptors (Lipinski definition) is 13. The molecular weight excluding hydrogens is 886 g/mol. The van der Waals surface area contributed by atoms with Crippen molar-refractivity contribution in [3.05, 3.63) is 111 Å². The predicted octanol–water partition coefficient (Wildman–Crippen LogP) is 7.09. The number of piperidine rings is 3. The maximum absolute atomic E-state index is 13.2. The Morgan fingerprint density at radius 3 is 2.54 bits per heavy atom. The number of aliphatic hydroxyl groups excluding tert-OH is 1. The van der Waals surface area contributed by atoms with Crippen LogP contribution in [0.2, 0.25) is 5.02 Å². The van der Waals surface area contributed by atoms with Gasteiger partial charge < -0.3 is 34.3 Å². The van der Waals surface area contributed by atoms with E-state index in [1.165, 1.54) is 10.1 Å². The first kappa shape index (κ1) is 46.9. The number of nitrogens with zero attached hydrogens (tertiary/aromatic N) is 5. The van der Waals surface area contributed by atoms with Gasteiger partial charge in [-0.25, -0.2) is 4.98 Å². The Balaban J connectivity index is 0.728. The number of nitrogens with one attached hydrogen (secondary N) is 2. The van der Waals surface area contributed by atoms with Crippen LogP contribution >= 0.6 is 11.6 Å². The van der Waals surface area contributed by atoms with E-state index in [0.717, 1.165) is 80.7 Å². The standard InChI is InChI=1S/C52H58ClN7O8/c1-3-38(61)30-68-46-26-36-24-37(9-14-44(36)58(2)51(46)66)55-49-43(53)27-54-52(57-49)60-19-4-5-31(28-60)29-67-39-10-6-32(7-11-39)33-16-20-59(21-17-33)22-18-45(62)34-8-12-40-35(23-34)25-42(48(40)64)41-13-15-47(63)56-50(41)65/h6-12,14,23-24,26-27,31,33,41-42,45,62H,3-5,13,15-22,25,28-30H2,1-2H3,(H,54,55,57)(H,56,63,65). The van der Waals surface area contributed by atoms with Crippen molar-refractivity contribution in [3.63, 3.8) is 0 Å². The van der Waals surface area contributed by atoms with E-state index in [1.807, 2.05) is 30.3 Å². The first-order valence-electron chi connectivity index (χ1n) is 23.9. The van der Waals surface area contributed by atoms with Crippen LogP contribution in [0.4, 0.5) is 17.5 Å². The summed E-state index contributed by atoms with van der Waals surface area (Å²) in [5.74, 6) is 0.993. The zero-order valence-corrected chi connectivity index (χ0v) is 39.3. The Bertz CT molecular complexity index is 2770. The third-order valence-corrected chi connectivity index (χ3v) is 14.5. The van der Waals surface area contributed by atoms with E-state index >= 15 is 0 Å². The second-order valence-electron chi connectivity index (χ2n) is 18.7. The number of benzene rings is 3. The number of halogens is 1. The summed E-state index contributed by atoms with van der Waals surface area (Å²) < 4.78 is 13.4. The number of ketones is 2. The molecule has 5 heterocycles. The van der Waals surface area contributed by atoms with Crippen LogP contribution in [0.3, 0.4) is 0 Å². The molecule has 5 aromatic rings. The number of Topliss-reactive ketones (excluding diaryl/α,β-unsaturated/α-hetero) is 2. The fraction of sp³-hybridized carbons (Fsp3) is 0.442. The second kappa shape index (κ2) is 20.6. The van der Waals surface area contributed by atoms with Crippen molar-refractivity contribution in [2.45, 2.75) is 76.7 Å². The summed E-state index contributed by atoms with van der Waals surface area (Å²) in [5, 5.41) is 18.0. The molecule has 0 bridgehead atoms. The summed E-state index contributed by atoms with van der Waals surface area (Å²) in [7, 11) is 1.67. The number of aliphatic hydroxyl groups is 1. The van der Waals surface area contributed by atoms with Gasteiger partial charge in [-0.15, -0.1) is 0 Å². The number of rotatable bonds is 16. The van der Waals surface area contributed by atoms with E-state index in [4.69, 9.17) is 26.1 Å². The lowest BCUT2D eigenvalue weighted by Crippen LogP contribution is -2.44. The van der Waals surface area contributed by atoms with Crippen molar-refractivity contribution >= 4 is 63.3 Å². The third-order valence-electron chi connectivity index (χ3n) is 14.2. The van der Waals surface area contributed by atoms with Gasteiger partial charge in [-0.2, -0.15) is 4.98 Å². The highest BCUT2D eigenvalue weighted by molar-refractivity contribution is 6.33. The van der Waals surface area contributed by atoms with Crippen molar-refractivity contribution in [3.8, 4) is 11.5 Å². The molecule has 3 N–H and O–H groups in total. The summed E-state index contributed by atoms with van der Waals surface area (Å²) in [6, 6.07) is 21.3. The highest BCUT2D eigenvalue weighted by Gasteiger charge is 2.42. The lowest BCUT2D eigenvalue weighted by molar-refractivity contribution is -0.137. The lowest BCUT2D eigenvalue weighted by atomic mass is 9.83. The molecule has 16 heteroatoms. The fourth-order valence-electron chi connectivity index (χ4n) is 10.2.